The second-order valence-corrected chi connectivity index (χ2v) is 13.0. The lowest BCUT2D eigenvalue weighted by Gasteiger charge is -2.29. The quantitative estimate of drug-likeness (QED) is 0.166. The smallest absolute Gasteiger partial charge is 0.0546 e. The Balaban J connectivity index is 1.23. The molecule has 0 heterocycles. The van der Waals surface area contributed by atoms with Crippen LogP contribution >= 0.6 is 0 Å². The van der Waals surface area contributed by atoms with Crippen LogP contribution in [0.1, 0.15) is 0 Å². The van der Waals surface area contributed by atoms with E-state index >= 15 is 0 Å². The first-order valence-corrected chi connectivity index (χ1v) is 17.5. The first-order chi connectivity index (χ1) is 25.3. The molecule has 1 heteroatoms. The first-order valence-electron chi connectivity index (χ1n) is 17.5. The van der Waals surface area contributed by atoms with Gasteiger partial charge in [0.25, 0.3) is 0 Å². The van der Waals surface area contributed by atoms with Gasteiger partial charge in [-0.1, -0.05) is 176 Å². The molecular formula is C50H35N. The van der Waals surface area contributed by atoms with Crippen LogP contribution in [0.5, 0.6) is 0 Å². The van der Waals surface area contributed by atoms with E-state index in [1.807, 2.05) is 0 Å². The lowest BCUT2D eigenvalue weighted by atomic mass is 9.94. The van der Waals surface area contributed by atoms with Gasteiger partial charge in [0.1, 0.15) is 0 Å². The third kappa shape index (κ3) is 5.96. The Kier molecular flexibility index (Phi) is 7.92. The molecule has 0 saturated carbocycles. The number of nitrogens with zero attached hydrogens (tertiary/aromatic N) is 1. The summed E-state index contributed by atoms with van der Waals surface area (Å²) in [7, 11) is 0. The SMILES string of the molecule is c1ccc(-c2ccc(N(c3ccc(-c4ccc5ccccc5c4)cc3)c3cc(-c4cccc5ccccc45)ccc3-c3ccccc3)cc2)cc1. The van der Waals surface area contributed by atoms with Crippen LogP contribution in [0, 0.1) is 0 Å². The van der Waals surface area contributed by atoms with E-state index in [0.29, 0.717) is 0 Å². The van der Waals surface area contributed by atoms with Crippen molar-refractivity contribution in [3.05, 3.63) is 212 Å². The maximum Gasteiger partial charge on any atom is 0.0546 e. The number of hydrogen-bond donors (Lipinski definition) is 0. The highest BCUT2D eigenvalue weighted by molar-refractivity contribution is 5.99. The molecule has 0 unspecified atom stereocenters. The molecule has 0 atom stereocenters. The maximum atomic E-state index is 2.41. The van der Waals surface area contributed by atoms with Gasteiger partial charge in [0, 0.05) is 16.9 Å². The molecule has 0 fully saturated rings. The van der Waals surface area contributed by atoms with E-state index in [1.54, 1.807) is 0 Å². The topological polar surface area (TPSA) is 3.24 Å². The summed E-state index contributed by atoms with van der Waals surface area (Å²) in [5.41, 5.74) is 12.9. The van der Waals surface area contributed by atoms with Gasteiger partial charge >= 0.3 is 0 Å². The number of anilines is 3. The zero-order chi connectivity index (χ0) is 34.0. The lowest BCUT2D eigenvalue weighted by molar-refractivity contribution is 1.28. The van der Waals surface area contributed by atoms with E-state index in [2.05, 4.69) is 217 Å². The molecule has 0 aliphatic rings. The van der Waals surface area contributed by atoms with Gasteiger partial charge in [0.15, 0.2) is 0 Å². The molecule has 0 radical (unpaired) electrons. The summed E-state index contributed by atoms with van der Waals surface area (Å²) in [5.74, 6) is 0. The Morgan fingerprint density at radius 1 is 0.255 bits per heavy atom. The number of benzene rings is 9. The van der Waals surface area contributed by atoms with Crippen LogP contribution in [0.3, 0.4) is 0 Å². The zero-order valence-corrected chi connectivity index (χ0v) is 28.2. The van der Waals surface area contributed by atoms with Crippen LogP contribution in [-0.2, 0) is 0 Å². The fourth-order valence-corrected chi connectivity index (χ4v) is 7.26. The molecule has 1 nitrogen and oxygen atoms in total. The maximum absolute atomic E-state index is 2.41. The summed E-state index contributed by atoms with van der Waals surface area (Å²) in [6.45, 7) is 0. The molecule has 0 aliphatic heterocycles. The van der Waals surface area contributed by atoms with Crippen LogP contribution in [-0.4, -0.2) is 0 Å². The summed E-state index contributed by atoms with van der Waals surface area (Å²) in [6, 6.07) is 76.7. The summed E-state index contributed by atoms with van der Waals surface area (Å²) in [5, 5.41) is 4.98. The average Bonchev–Trinajstić information content (AvgIpc) is 3.22. The van der Waals surface area contributed by atoms with Gasteiger partial charge in [-0.25, -0.2) is 0 Å². The number of rotatable bonds is 7. The highest BCUT2D eigenvalue weighted by Crippen LogP contribution is 2.44. The van der Waals surface area contributed by atoms with Gasteiger partial charge in [-0.15, -0.1) is 0 Å². The predicted molar refractivity (Wildman–Crippen MR) is 218 cm³/mol. The molecule has 0 saturated heterocycles. The molecule has 0 bridgehead atoms. The predicted octanol–water partition coefficient (Wildman–Crippen LogP) is 14.1. The van der Waals surface area contributed by atoms with Crippen molar-refractivity contribution in [2.24, 2.45) is 0 Å². The fourth-order valence-electron chi connectivity index (χ4n) is 7.26. The Bertz CT molecular complexity index is 2600. The normalized spacial score (nSPS) is 11.1. The largest absolute Gasteiger partial charge is 0.310 e. The van der Waals surface area contributed by atoms with Crippen LogP contribution < -0.4 is 4.90 Å². The minimum absolute atomic E-state index is 1.10. The van der Waals surface area contributed by atoms with Crippen molar-refractivity contribution >= 4 is 38.6 Å². The highest BCUT2D eigenvalue weighted by atomic mass is 15.1. The van der Waals surface area contributed by atoms with Gasteiger partial charge in [-0.2, -0.15) is 0 Å². The molecule has 9 aromatic carbocycles. The Morgan fingerprint density at radius 3 is 1.47 bits per heavy atom. The third-order valence-corrected chi connectivity index (χ3v) is 9.86. The van der Waals surface area contributed by atoms with Crippen LogP contribution in [0.2, 0.25) is 0 Å². The summed E-state index contributed by atoms with van der Waals surface area (Å²) >= 11 is 0. The van der Waals surface area contributed by atoms with Crippen molar-refractivity contribution in [1.82, 2.24) is 0 Å². The highest BCUT2D eigenvalue weighted by Gasteiger charge is 2.19. The number of fused-ring (bicyclic) bond motifs is 2. The van der Waals surface area contributed by atoms with Crippen molar-refractivity contribution in [2.75, 3.05) is 4.90 Å². The Morgan fingerprint density at radius 2 is 0.765 bits per heavy atom. The standard InChI is InChI=1S/C50H35N/c1-3-12-36(13-4-1)38-24-29-45(30-25-38)51(46-31-26-39(27-32-46)43-23-22-37-14-7-8-18-42(37)34-43)50-35-44(28-33-49(50)41-15-5-2-6-16-41)48-21-11-19-40-17-9-10-20-47(40)48/h1-35H. The van der Waals surface area contributed by atoms with Gasteiger partial charge in [-0.3, -0.25) is 0 Å². The average molecular weight is 650 g/mol. The summed E-state index contributed by atoms with van der Waals surface area (Å²) < 4.78 is 0. The Hall–Kier alpha value is -6.70. The lowest BCUT2D eigenvalue weighted by Crippen LogP contribution is -2.11. The van der Waals surface area contributed by atoms with Gasteiger partial charge in [0.05, 0.1) is 5.69 Å². The zero-order valence-electron chi connectivity index (χ0n) is 28.2. The fraction of sp³-hybridized carbons (Fsp3) is 0. The third-order valence-electron chi connectivity index (χ3n) is 9.86. The van der Waals surface area contributed by atoms with E-state index in [-0.39, 0.29) is 0 Å². The van der Waals surface area contributed by atoms with Crippen LogP contribution in [0.25, 0.3) is 66.1 Å². The van der Waals surface area contributed by atoms with Gasteiger partial charge in [0.2, 0.25) is 0 Å². The van der Waals surface area contributed by atoms with Crippen molar-refractivity contribution in [1.29, 1.82) is 0 Å². The summed E-state index contributed by atoms with van der Waals surface area (Å²) in [6.07, 6.45) is 0. The molecule has 9 rings (SSSR count). The van der Waals surface area contributed by atoms with Crippen molar-refractivity contribution in [2.45, 2.75) is 0 Å². The van der Waals surface area contributed by atoms with E-state index in [4.69, 9.17) is 0 Å². The molecule has 240 valence electrons. The molecule has 0 N–H and O–H groups in total. The van der Waals surface area contributed by atoms with Crippen molar-refractivity contribution in [3.8, 4) is 44.5 Å². The molecule has 0 amide bonds. The number of hydrogen-bond acceptors (Lipinski definition) is 1. The van der Waals surface area contributed by atoms with E-state index in [1.165, 1.54) is 66.1 Å². The monoisotopic (exact) mass is 649 g/mol. The van der Waals surface area contributed by atoms with E-state index < -0.39 is 0 Å². The molecular weight excluding hydrogens is 615 g/mol. The van der Waals surface area contributed by atoms with Crippen molar-refractivity contribution < 1.29 is 0 Å². The summed E-state index contributed by atoms with van der Waals surface area (Å²) in [4.78, 5) is 2.41. The van der Waals surface area contributed by atoms with Crippen molar-refractivity contribution in [3.63, 3.8) is 0 Å². The van der Waals surface area contributed by atoms with Gasteiger partial charge in [-0.05, 0) is 96.9 Å². The van der Waals surface area contributed by atoms with E-state index in [9.17, 15) is 0 Å². The minimum Gasteiger partial charge on any atom is -0.310 e. The minimum atomic E-state index is 1.10. The molecule has 51 heavy (non-hydrogen) atoms. The van der Waals surface area contributed by atoms with Crippen LogP contribution in [0.15, 0.2) is 212 Å². The van der Waals surface area contributed by atoms with Gasteiger partial charge < -0.3 is 4.90 Å². The van der Waals surface area contributed by atoms with Crippen LogP contribution in [0.4, 0.5) is 17.1 Å². The van der Waals surface area contributed by atoms with E-state index in [0.717, 1.165) is 17.1 Å². The second kappa shape index (κ2) is 13.3. The molecule has 9 aromatic rings. The second-order valence-electron chi connectivity index (χ2n) is 13.0. The molecule has 0 aliphatic carbocycles. The molecule has 0 aromatic heterocycles. The Labute approximate surface area is 299 Å². The molecule has 0 spiro atoms. The first kappa shape index (κ1) is 30.4.